The van der Waals surface area contributed by atoms with E-state index in [-0.39, 0.29) is 23.8 Å². The van der Waals surface area contributed by atoms with Gasteiger partial charge in [0.15, 0.2) is 0 Å². The molecule has 2 N–H and O–H groups in total. The van der Waals surface area contributed by atoms with E-state index < -0.39 is 5.54 Å². The highest BCUT2D eigenvalue weighted by atomic mass is 16.3. The van der Waals surface area contributed by atoms with Crippen LogP contribution >= 0.6 is 0 Å². The van der Waals surface area contributed by atoms with Crippen LogP contribution < -0.4 is 10.3 Å². The Balaban J connectivity index is 1.96. The summed E-state index contributed by atoms with van der Waals surface area (Å²) in [5.41, 5.74) is 4.40. The van der Waals surface area contributed by atoms with Gasteiger partial charge in [0.25, 0.3) is 0 Å². The summed E-state index contributed by atoms with van der Waals surface area (Å²) in [5, 5.41) is 19.9. The van der Waals surface area contributed by atoms with E-state index in [0.717, 1.165) is 49.1 Å². The summed E-state index contributed by atoms with van der Waals surface area (Å²) in [6, 6.07) is 16.7. The normalized spacial score (nSPS) is 20.1. The number of hydrogen-bond donors (Lipinski definition) is 2. The van der Waals surface area contributed by atoms with Crippen molar-refractivity contribution in [1.82, 2.24) is 5.32 Å². The van der Waals surface area contributed by atoms with Gasteiger partial charge in [0.05, 0.1) is 11.4 Å². The zero-order chi connectivity index (χ0) is 25.6. The highest BCUT2D eigenvalue weighted by Gasteiger charge is 2.53. The van der Waals surface area contributed by atoms with Crippen molar-refractivity contribution in [1.29, 1.82) is 0 Å². The smallest absolute Gasteiger partial charge is 0.248 e. The number of anilines is 1. The fourth-order valence-electron chi connectivity index (χ4n) is 4.80. The highest BCUT2D eigenvalue weighted by Crippen LogP contribution is 2.42. The second kappa shape index (κ2) is 11.4. The van der Waals surface area contributed by atoms with Crippen LogP contribution in [0.3, 0.4) is 0 Å². The van der Waals surface area contributed by atoms with Crippen molar-refractivity contribution in [3.8, 4) is 0 Å². The standard InChI is InChI=1S/C30H43N3O2/c1-7-8-10-26-27(24-15-11-22(2)12-16-24)32-33(25-17-13-23(3)14-18-25)30(26,6)28(35)31-20-9-19-29(4,5)21-34/h11-18,26,34H,7-10,19-21H2,1-6H3,(H,31,35). The molecular formula is C30H43N3O2. The molecule has 0 saturated carbocycles. The summed E-state index contributed by atoms with van der Waals surface area (Å²) < 4.78 is 0. The minimum absolute atomic E-state index is 0.00634. The van der Waals surface area contributed by atoms with Gasteiger partial charge in [-0.3, -0.25) is 4.79 Å². The molecule has 190 valence electrons. The van der Waals surface area contributed by atoms with E-state index >= 15 is 0 Å². The second-order valence-electron chi connectivity index (χ2n) is 11.0. The lowest BCUT2D eigenvalue weighted by molar-refractivity contribution is -0.126. The van der Waals surface area contributed by atoms with Crippen LogP contribution in [0.4, 0.5) is 5.69 Å². The number of nitrogens with zero attached hydrogens (tertiary/aromatic N) is 2. The van der Waals surface area contributed by atoms with Gasteiger partial charge in [0.1, 0.15) is 5.54 Å². The number of benzene rings is 2. The molecule has 1 amide bonds. The van der Waals surface area contributed by atoms with Crippen molar-refractivity contribution in [2.45, 2.75) is 79.2 Å². The first-order valence-electron chi connectivity index (χ1n) is 13.0. The van der Waals surface area contributed by atoms with Crippen LogP contribution in [0.5, 0.6) is 0 Å². The third kappa shape index (κ3) is 6.13. The molecule has 35 heavy (non-hydrogen) atoms. The molecule has 0 saturated heterocycles. The molecule has 0 aliphatic carbocycles. The average Bonchev–Trinajstić information content (AvgIpc) is 3.14. The molecule has 2 aromatic carbocycles. The van der Waals surface area contributed by atoms with Gasteiger partial charge in [-0.1, -0.05) is 81.1 Å². The van der Waals surface area contributed by atoms with Crippen molar-refractivity contribution in [3.63, 3.8) is 0 Å². The van der Waals surface area contributed by atoms with Gasteiger partial charge < -0.3 is 10.4 Å². The van der Waals surface area contributed by atoms with Crippen LogP contribution in [-0.2, 0) is 4.79 Å². The largest absolute Gasteiger partial charge is 0.396 e. The van der Waals surface area contributed by atoms with E-state index in [1.165, 1.54) is 11.1 Å². The number of rotatable bonds is 11. The summed E-state index contributed by atoms with van der Waals surface area (Å²) in [4.78, 5) is 13.9. The van der Waals surface area contributed by atoms with E-state index in [4.69, 9.17) is 5.10 Å². The van der Waals surface area contributed by atoms with Crippen molar-refractivity contribution in [3.05, 3.63) is 65.2 Å². The minimum Gasteiger partial charge on any atom is -0.396 e. The molecule has 0 aromatic heterocycles. The molecule has 0 bridgehead atoms. The molecule has 2 atom stereocenters. The van der Waals surface area contributed by atoms with Crippen LogP contribution in [0.2, 0.25) is 0 Å². The van der Waals surface area contributed by atoms with Gasteiger partial charge in [-0.15, -0.1) is 0 Å². The van der Waals surface area contributed by atoms with Crippen LogP contribution in [0.15, 0.2) is 53.6 Å². The molecule has 1 aliphatic rings. The van der Waals surface area contributed by atoms with Crippen LogP contribution in [0.25, 0.3) is 0 Å². The number of hydrazone groups is 1. The molecular weight excluding hydrogens is 434 g/mol. The molecule has 0 radical (unpaired) electrons. The number of nitrogens with one attached hydrogen (secondary N) is 1. The Bertz CT molecular complexity index is 1010. The summed E-state index contributed by atoms with van der Waals surface area (Å²) in [5.74, 6) is -0.0211. The quantitative estimate of drug-likeness (QED) is 0.390. The van der Waals surface area contributed by atoms with Crippen molar-refractivity contribution in [2.24, 2.45) is 16.4 Å². The number of amides is 1. The van der Waals surface area contributed by atoms with Gasteiger partial charge in [0, 0.05) is 19.1 Å². The van der Waals surface area contributed by atoms with Gasteiger partial charge >= 0.3 is 0 Å². The van der Waals surface area contributed by atoms with Gasteiger partial charge in [0.2, 0.25) is 5.91 Å². The molecule has 5 heteroatoms. The van der Waals surface area contributed by atoms with Crippen molar-refractivity contribution in [2.75, 3.05) is 18.2 Å². The lowest BCUT2D eigenvalue weighted by atomic mass is 9.76. The van der Waals surface area contributed by atoms with E-state index in [2.05, 4.69) is 88.5 Å². The lowest BCUT2D eigenvalue weighted by Crippen LogP contribution is -2.58. The zero-order valence-electron chi connectivity index (χ0n) is 22.4. The summed E-state index contributed by atoms with van der Waals surface area (Å²) >= 11 is 0. The van der Waals surface area contributed by atoms with Gasteiger partial charge in [-0.05, 0) is 63.1 Å². The maximum absolute atomic E-state index is 13.9. The third-order valence-electron chi connectivity index (χ3n) is 7.33. The monoisotopic (exact) mass is 477 g/mol. The number of aliphatic hydroxyl groups is 1. The van der Waals surface area contributed by atoms with E-state index in [1.54, 1.807) is 0 Å². The topological polar surface area (TPSA) is 64.9 Å². The van der Waals surface area contributed by atoms with Gasteiger partial charge in [-0.25, -0.2) is 5.01 Å². The fraction of sp³-hybridized carbons (Fsp3) is 0.533. The number of carbonyl (C=O) groups is 1. The summed E-state index contributed by atoms with van der Waals surface area (Å²) in [6.07, 6.45) is 4.67. The van der Waals surface area contributed by atoms with Crippen molar-refractivity contribution >= 4 is 17.3 Å². The Morgan fingerprint density at radius 1 is 1.06 bits per heavy atom. The predicted molar refractivity (Wildman–Crippen MR) is 146 cm³/mol. The van der Waals surface area contributed by atoms with Crippen LogP contribution in [0, 0.1) is 25.2 Å². The number of hydrogen-bond acceptors (Lipinski definition) is 4. The Morgan fingerprint density at radius 2 is 1.66 bits per heavy atom. The lowest BCUT2D eigenvalue weighted by Gasteiger charge is -2.38. The third-order valence-corrected chi connectivity index (χ3v) is 7.33. The molecule has 2 unspecified atom stereocenters. The molecule has 3 rings (SSSR count). The Morgan fingerprint density at radius 3 is 2.23 bits per heavy atom. The molecule has 1 heterocycles. The first-order chi connectivity index (χ1) is 16.6. The number of aliphatic hydroxyl groups excluding tert-OH is 1. The Labute approximate surface area is 211 Å². The predicted octanol–water partition coefficient (Wildman–Crippen LogP) is 6.01. The minimum atomic E-state index is -0.836. The fourth-order valence-corrected chi connectivity index (χ4v) is 4.80. The molecule has 0 spiro atoms. The van der Waals surface area contributed by atoms with Crippen molar-refractivity contribution < 1.29 is 9.90 Å². The SMILES string of the molecule is CCCCC1C(c2ccc(C)cc2)=NN(c2ccc(C)cc2)C1(C)C(=O)NCCCC(C)(C)CO. The maximum Gasteiger partial charge on any atom is 0.248 e. The van der Waals surface area contributed by atoms with Crippen LogP contribution in [-0.4, -0.2) is 35.4 Å². The molecule has 5 nitrogen and oxygen atoms in total. The second-order valence-corrected chi connectivity index (χ2v) is 11.0. The highest BCUT2D eigenvalue weighted by molar-refractivity contribution is 6.10. The Kier molecular flexibility index (Phi) is 8.76. The van der Waals surface area contributed by atoms with E-state index in [1.807, 2.05) is 11.9 Å². The maximum atomic E-state index is 13.9. The molecule has 1 aliphatic heterocycles. The number of unbranched alkanes of at least 4 members (excludes halogenated alkanes) is 1. The summed E-state index contributed by atoms with van der Waals surface area (Å²) in [6.45, 7) is 13.2. The first-order valence-corrected chi connectivity index (χ1v) is 13.0. The first kappa shape index (κ1) is 26.9. The average molecular weight is 478 g/mol. The van der Waals surface area contributed by atoms with Gasteiger partial charge in [-0.2, -0.15) is 5.10 Å². The van der Waals surface area contributed by atoms with Crippen LogP contribution in [0.1, 0.15) is 76.5 Å². The Hall–Kier alpha value is -2.66. The number of carbonyl (C=O) groups excluding carboxylic acids is 1. The van der Waals surface area contributed by atoms with E-state index in [9.17, 15) is 9.90 Å². The van der Waals surface area contributed by atoms with E-state index in [0.29, 0.717) is 6.54 Å². The number of aryl methyl sites for hydroxylation is 2. The molecule has 2 aromatic rings. The summed E-state index contributed by atoms with van der Waals surface area (Å²) in [7, 11) is 0. The molecule has 0 fully saturated rings. The zero-order valence-corrected chi connectivity index (χ0v) is 22.4.